The van der Waals surface area contributed by atoms with Gasteiger partial charge in [-0.15, -0.1) is 0 Å². The van der Waals surface area contributed by atoms with Gasteiger partial charge in [-0.3, -0.25) is 0 Å². The fraction of sp³-hybridized carbons (Fsp3) is 0.500. The Kier molecular flexibility index (Phi) is 3.96. The summed E-state index contributed by atoms with van der Waals surface area (Å²) in [6, 6.07) is 6.05. The molecule has 0 heterocycles. The molecule has 1 aromatic rings. The van der Waals surface area contributed by atoms with E-state index in [-0.39, 0.29) is 6.10 Å². The Bertz CT molecular complexity index is 292. The molecule has 0 aliphatic carbocycles. The fourth-order valence-electron chi connectivity index (χ4n) is 1.44. The van der Waals surface area contributed by atoms with Crippen LogP contribution in [0.15, 0.2) is 18.2 Å². The monoisotopic (exact) mass is 194 g/mol. The molecule has 1 rings (SSSR count). The van der Waals surface area contributed by atoms with Gasteiger partial charge >= 0.3 is 0 Å². The van der Waals surface area contributed by atoms with E-state index in [1.165, 1.54) is 11.1 Å². The normalized spacial score (nSPS) is 12.6. The molecule has 2 heteroatoms. The molecule has 0 spiro atoms. The zero-order chi connectivity index (χ0) is 10.6. The standard InChI is InChI=1S/C12H18O2/c1-9-8-12(14-3)7-6-11(9)5-4-10(2)13/h6-8,10,13H,4-5H2,1-3H3/t10-/m1/s1. The summed E-state index contributed by atoms with van der Waals surface area (Å²) in [6.07, 6.45) is 1.51. The second-order valence-electron chi connectivity index (χ2n) is 3.68. The van der Waals surface area contributed by atoms with Gasteiger partial charge < -0.3 is 9.84 Å². The maximum absolute atomic E-state index is 9.18. The maximum Gasteiger partial charge on any atom is 0.119 e. The summed E-state index contributed by atoms with van der Waals surface area (Å²) in [6.45, 7) is 3.89. The van der Waals surface area contributed by atoms with E-state index in [1.54, 1.807) is 7.11 Å². The summed E-state index contributed by atoms with van der Waals surface area (Å²) in [7, 11) is 1.67. The van der Waals surface area contributed by atoms with E-state index in [1.807, 2.05) is 19.1 Å². The minimum absolute atomic E-state index is 0.225. The molecule has 0 saturated heterocycles. The van der Waals surface area contributed by atoms with Crippen molar-refractivity contribution < 1.29 is 9.84 Å². The molecular weight excluding hydrogens is 176 g/mol. The molecule has 1 atom stereocenters. The third-order valence-electron chi connectivity index (χ3n) is 2.38. The van der Waals surface area contributed by atoms with Gasteiger partial charge in [0.15, 0.2) is 0 Å². The fourth-order valence-corrected chi connectivity index (χ4v) is 1.44. The quantitative estimate of drug-likeness (QED) is 0.797. The van der Waals surface area contributed by atoms with Gasteiger partial charge in [-0.25, -0.2) is 0 Å². The predicted octanol–water partition coefficient (Wildman–Crippen LogP) is 2.32. The molecule has 0 aliphatic heterocycles. The van der Waals surface area contributed by atoms with Crippen LogP contribution >= 0.6 is 0 Å². The molecule has 78 valence electrons. The molecule has 0 radical (unpaired) electrons. The van der Waals surface area contributed by atoms with Gasteiger partial charge in [-0.1, -0.05) is 6.07 Å². The number of methoxy groups -OCH3 is 1. The SMILES string of the molecule is COc1ccc(CC[C@@H](C)O)c(C)c1. The van der Waals surface area contributed by atoms with Crippen molar-refractivity contribution in [3.05, 3.63) is 29.3 Å². The van der Waals surface area contributed by atoms with Crippen molar-refractivity contribution in [2.24, 2.45) is 0 Å². The van der Waals surface area contributed by atoms with Gasteiger partial charge in [0, 0.05) is 0 Å². The smallest absolute Gasteiger partial charge is 0.119 e. The molecule has 2 nitrogen and oxygen atoms in total. The topological polar surface area (TPSA) is 29.5 Å². The zero-order valence-corrected chi connectivity index (χ0v) is 9.08. The van der Waals surface area contributed by atoms with Crippen LogP contribution in [0.3, 0.4) is 0 Å². The highest BCUT2D eigenvalue weighted by atomic mass is 16.5. The summed E-state index contributed by atoms with van der Waals surface area (Å²) in [4.78, 5) is 0. The first-order chi connectivity index (χ1) is 6.63. The van der Waals surface area contributed by atoms with Crippen molar-refractivity contribution in [2.45, 2.75) is 32.8 Å². The molecule has 0 aromatic heterocycles. The molecule has 1 N–H and O–H groups in total. The van der Waals surface area contributed by atoms with E-state index in [9.17, 15) is 5.11 Å². The van der Waals surface area contributed by atoms with Gasteiger partial charge in [0.2, 0.25) is 0 Å². The maximum atomic E-state index is 9.18. The molecule has 14 heavy (non-hydrogen) atoms. The summed E-state index contributed by atoms with van der Waals surface area (Å²) in [5.41, 5.74) is 2.51. The molecule has 1 aromatic carbocycles. The Labute approximate surface area is 85.5 Å². The third-order valence-corrected chi connectivity index (χ3v) is 2.38. The van der Waals surface area contributed by atoms with Gasteiger partial charge in [-0.2, -0.15) is 0 Å². The van der Waals surface area contributed by atoms with Gasteiger partial charge in [-0.05, 0) is 49.9 Å². The van der Waals surface area contributed by atoms with Crippen LogP contribution in [0.5, 0.6) is 5.75 Å². The Balaban J connectivity index is 2.69. The number of rotatable bonds is 4. The Morgan fingerprint density at radius 3 is 2.64 bits per heavy atom. The van der Waals surface area contributed by atoms with E-state index < -0.39 is 0 Å². The Morgan fingerprint density at radius 1 is 1.43 bits per heavy atom. The van der Waals surface area contributed by atoms with Crippen LogP contribution in [0.2, 0.25) is 0 Å². The van der Waals surface area contributed by atoms with Crippen LogP contribution in [0.1, 0.15) is 24.5 Å². The third kappa shape index (κ3) is 3.04. The van der Waals surface area contributed by atoms with Crippen LogP contribution in [0.4, 0.5) is 0 Å². The predicted molar refractivity (Wildman–Crippen MR) is 57.7 cm³/mol. The lowest BCUT2D eigenvalue weighted by Gasteiger charge is -2.09. The van der Waals surface area contributed by atoms with Crippen molar-refractivity contribution >= 4 is 0 Å². The molecule has 0 fully saturated rings. The molecular formula is C12H18O2. The highest BCUT2D eigenvalue weighted by Crippen LogP contribution is 2.18. The van der Waals surface area contributed by atoms with Crippen LogP contribution in [-0.4, -0.2) is 18.3 Å². The summed E-state index contributed by atoms with van der Waals surface area (Å²) < 4.78 is 5.13. The summed E-state index contributed by atoms with van der Waals surface area (Å²) >= 11 is 0. The highest BCUT2D eigenvalue weighted by Gasteiger charge is 2.02. The first-order valence-electron chi connectivity index (χ1n) is 4.95. The van der Waals surface area contributed by atoms with Crippen molar-refractivity contribution in [1.29, 1.82) is 0 Å². The minimum Gasteiger partial charge on any atom is -0.497 e. The number of aliphatic hydroxyl groups is 1. The lowest BCUT2D eigenvalue weighted by molar-refractivity contribution is 0.185. The average Bonchev–Trinajstić information content (AvgIpc) is 2.15. The largest absolute Gasteiger partial charge is 0.497 e. The van der Waals surface area contributed by atoms with Crippen LogP contribution in [0.25, 0.3) is 0 Å². The molecule has 0 aliphatic rings. The van der Waals surface area contributed by atoms with Crippen LogP contribution < -0.4 is 4.74 Å². The van der Waals surface area contributed by atoms with E-state index in [0.29, 0.717) is 0 Å². The number of hydrogen-bond acceptors (Lipinski definition) is 2. The van der Waals surface area contributed by atoms with E-state index in [2.05, 4.69) is 13.0 Å². The summed E-state index contributed by atoms with van der Waals surface area (Å²) in [5.74, 6) is 0.892. The highest BCUT2D eigenvalue weighted by molar-refractivity contribution is 5.34. The number of ether oxygens (including phenoxy) is 1. The van der Waals surface area contributed by atoms with Gasteiger partial charge in [0.05, 0.1) is 13.2 Å². The molecule has 0 saturated carbocycles. The van der Waals surface area contributed by atoms with Crippen molar-refractivity contribution in [1.82, 2.24) is 0 Å². The average molecular weight is 194 g/mol. The van der Waals surface area contributed by atoms with Crippen LogP contribution in [0, 0.1) is 6.92 Å². The second-order valence-corrected chi connectivity index (χ2v) is 3.68. The molecule has 0 unspecified atom stereocenters. The molecule has 0 bridgehead atoms. The van der Waals surface area contributed by atoms with Gasteiger partial charge in [0.1, 0.15) is 5.75 Å². The molecule has 0 amide bonds. The summed E-state index contributed by atoms with van der Waals surface area (Å²) in [5, 5.41) is 9.18. The van der Waals surface area contributed by atoms with E-state index >= 15 is 0 Å². The Hall–Kier alpha value is -1.02. The minimum atomic E-state index is -0.225. The lowest BCUT2D eigenvalue weighted by atomic mass is 10.0. The second kappa shape index (κ2) is 5.01. The number of aryl methyl sites for hydroxylation is 2. The van der Waals surface area contributed by atoms with Crippen molar-refractivity contribution in [3.63, 3.8) is 0 Å². The van der Waals surface area contributed by atoms with E-state index in [4.69, 9.17) is 4.74 Å². The number of aliphatic hydroxyl groups excluding tert-OH is 1. The first kappa shape index (κ1) is 11.1. The zero-order valence-electron chi connectivity index (χ0n) is 9.08. The number of hydrogen-bond donors (Lipinski definition) is 1. The number of benzene rings is 1. The first-order valence-corrected chi connectivity index (χ1v) is 4.95. The Morgan fingerprint density at radius 2 is 2.14 bits per heavy atom. The van der Waals surface area contributed by atoms with Crippen molar-refractivity contribution in [3.8, 4) is 5.75 Å². The van der Waals surface area contributed by atoms with Gasteiger partial charge in [0.25, 0.3) is 0 Å². The van der Waals surface area contributed by atoms with Crippen LogP contribution in [-0.2, 0) is 6.42 Å². The van der Waals surface area contributed by atoms with Crippen molar-refractivity contribution in [2.75, 3.05) is 7.11 Å². The lowest BCUT2D eigenvalue weighted by Crippen LogP contribution is -2.02. The van der Waals surface area contributed by atoms with E-state index in [0.717, 1.165) is 18.6 Å².